The summed E-state index contributed by atoms with van der Waals surface area (Å²) in [4.78, 5) is 36.4. The van der Waals surface area contributed by atoms with E-state index in [0.29, 0.717) is 18.7 Å². The fourth-order valence-corrected chi connectivity index (χ4v) is 3.08. The maximum absolute atomic E-state index is 12.6. The Hall–Kier alpha value is -3.48. The second-order valence-electron chi connectivity index (χ2n) is 6.54. The second kappa shape index (κ2) is 8.47. The number of carbonyl (C=O) groups is 2. The molecule has 0 spiro atoms. The van der Waals surface area contributed by atoms with E-state index >= 15 is 0 Å². The molecule has 0 bridgehead atoms. The highest BCUT2D eigenvalue weighted by atomic mass is 16.6. The minimum absolute atomic E-state index is 0.0259. The molecule has 1 aliphatic rings. The highest BCUT2D eigenvalue weighted by molar-refractivity contribution is 5.90. The average molecular weight is 380 g/mol. The third-order valence-electron chi connectivity index (χ3n) is 4.60. The van der Waals surface area contributed by atoms with E-state index in [1.165, 1.54) is 42.0 Å². The third-order valence-corrected chi connectivity index (χ3v) is 4.60. The van der Waals surface area contributed by atoms with E-state index in [4.69, 9.17) is 4.74 Å². The molecule has 1 amide bonds. The Kier molecular flexibility index (Phi) is 5.84. The zero-order chi connectivity index (χ0) is 20.1. The molecule has 1 atom stereocenters. The molecule has 2 aromatic carbocycles. The van der Waals surface area contributed by atoms with Gasteiger partial charge in [0.15, 0.2) is 6.10 Å². The third kappa shape index (κ3) is 4.62. The average Bonchev–Trinajstić information content (AvgIpc) is 2.71. The number of esters is 1. The lowest BCUT2D eigenvalue weighted by Gasteiger charge is -2.30. The van der Waals surface area contributed by atoms with Gasteiger partial charge in [-0.3, -0.25) is 14.9 Å². The van der Waals surface area contributed by atoms with Crippen molar-refractivity contribution in [3.8, 4) is 0 Å². The molecule has 0 saturated heterocycles. The molecule has 7 nitrogen and oxygen atoms in total. The lowest BCUT2D eigenvalue weighted by molar-refractivity contribution is -0.384. The highest BCUT2D eigenvalue weighted by Gasteiger charge is 2.26. The van der Waals surface area contributed by atoms with Crippen molar-refractivity contribution in [3.63, 3.8) is 0 Å². The number of non-ortho nitro benzene ring substituents is 1. The molecule has 3 rings (SSSR count). The summed E-state index contributed by atoms with van der Waals surface area (Å²) in [5.41, 5.74) is 2.94. The van der Waals surface area contributed by atoms with E-state index in [1.807, 2.05) is 18.2 Å². The Morgan fingerprint density at radius 2 is 1.82 bits per heavy atom. The Bertz CT molecular complexity index is 921. The predicted octanol–water partition coefficient (Wildman–Crippen LogP) is 3.12. The fraction of sp³-hybridized carbons (Fsp3) is 0.238. The molecule has 144 valence electrons. The number of nitro benzene ring substituents is 1. The van der Waals surface area contributed by atoms with Crippen LogP contribution in [0.4, 0.5) is 5.69 Å². The normalized spacial score (nSPS) is 14.4. The standard InChI is InChI=1S/C21H20N2O5/c1-15(21(25)22-13-12-17-4-2-3-5-18(17)14-22)28-20(24)11-8-16-6-9-19(10-7-16)23(26)27/h2-11,15H,12-14H2,1H3/b11-8+/t15-/m1/s1. The van der Waals surface area contributed by atoms with E-state index in [1.54, 1.807) is 11.8 Å². The van der Waals surface area contributed by atoms with Crippen LogP contribution < -0.4 is 0 Å². The van der Waals surface area contributed by atoms with E-state index in [2.05, 4.69) is 6.07 Å². The largest absolute Gasteiger partial charge is 0.449 e. The zero-order valence-electron chi connectivity index (χ0n) is 15.4. The molecule has 1 heterocycles. The van der Waals surface area contributed by atoms with Crippen LogP contribution in [-0.2, 0) is 27.3 Å². The topological polar surface area (TPSA) is 89.7 Å². The Balaban J connectivity index is 1.55. The molecule has 0 fully saturated rings. The van der Waals surface area contributed by atoms with E-state index in [0.717, 1.165) is 12.0 Å². The number of ether oxygens (including phenoxy) is 1. The van der Waals surface area contributed by atoms with Crippen LogP contribution >= 0.6 is 0 Å². The molecule has 7 heteroatoms. The quantitative estimate of drug-likeness (QED) is 0.344. The van der Waals surface area contributed by atoms with Gasteiger partial charge in [0.25, 0.3) is 11.6 Å². The summed E-state index contributed by atoms with van der Waals surface area (Å²) >= 11 is 0. The summed E-state index contributed by atoms with van der Waals surface area (Å²) < 4.78 is 5.21. The van der Waals surface area contributed by atoms with Crippen molar-refractivity contribution < 1.29 is 19.2 Å². The summed E-state index contributed by atoms with van der Waals surface area (Å²) in [6.07, 6.45) is 2.58. The van der Waals surface area contributed by atoms with Crippen molar-refractivity contribution in [2.75, 3.05) is 6.54 Å². The first-order valence-corrected chi connectivity index (χ1v) is 8.93. The van der Waals surface area contributed by atoms with Gasteiger partial charge in [0.1, 0.15) is 0 Å². The van der Waals surface area contributed by atoms with Crippen LogP contribution in [-0.4, -0.2) is 34.3 Å². The van der Waals surface area contributed by atoms with Crippen molar-refractivity contribution in [1.82, 2.24) is 4.90 Å². The molecule has 0 unspecified atom stereocenters. The van der Waals surface area contributed by atoms with Crippen molar-refractivity contribution in [1.29, 1.82) is 0 Å². The van der Waals surface area contributed by atoms with Crippen LogP contribution in [0.3, 0.4) is 0 Å². The van der Waals surface area contributed by atoms with Crippen LogP contribution in [0.2, 0.25) is 0 Å². The second-order valence-corrected chi connectivity index (χ2v) is 6.54. The maximum Gasteiger partial charge on any atom is 0.331 e. The summed E-state index contributed by atoms with van der Waals surface area (Å²) in [7, 11) is 0. The van der Waals surface area contributed by atoms with E-state index < -0.39 is 17.0 Å². The number of nitro groups is 1. The summed E-state index contributed by atoms with van der Waals surface area (Å²) in [5, 5.41) is 10.6. The van der Waals surface area contributed by atoms with Gasteiger partial charge in [-0.25, -0.2) is 4.79 Å². The molecular formula is C21H20N2O5. The molecule has 28 heavy (non-hydrogen) atoms. The number of carbonyl (C=O) groups excluding carboxylic acids is 2. The number of rotatable bonds is 5. The molecular weight excluding hydrogens is 360 g/mol. The molecule has 0 saturated carbocycles. The van der Waals surface area contributed by atoms with Crippen LogP contribution in [0.25, 0.3) is 6.08 Å². The van der Waals surface area contributed by atoms with Crippen molar-refractivity contribution in [3.05, 3.63) is 81.4 Å². The van der Waals surface area contributed by atoms with Gasteiger partial charge in [0.05, 0.1) is 4.92 Å². The number of hydrogen-bond donors (Lipinski definition) is 0. The van der Waals surface area contributed by atoms with E-state index in [-0.39, 0.29) is 11.6 Å². The Morgan fingerprint density at radius 1 is 1.14 bits per heavy atom. The van der Waals surface area contributed by atoms with Crippen molar-refractivity contribution >= 4 is 23.6 Å². The first-order valence-electron chi connectivity index (χ1n) is 8.93. The number of nitrogens with zero attached hydrogens (tertiary/aromatic N) is 2. The van der Waals surface area contributed by atoms with Gasteiger partial charge in [-0.1, -0.05) is 24.3 Å². The van der Waals surface area contributed by atoms with Gasteiger partial charge in [0, 0.05) is 31.3 Å². The van der Waals surface area contributed by atoms with Gasteiger partial charge in [-0.15, -0.1) is 0 Å². The summed E-state index contributed by atoms with van der Waals surface area (Å²) in [6, 6.07) is 13.7. The van der Waals surface area contributed by atoms with Crippen molar-refractivity contribution in [2.45, 2.75) is 26.0 Å². The van der Waals surface area contributed by atoms with Crippen LogP contribution in [0, 0.1) is 10.1 Å². The van der Waals surface area contributed by atoms with Crippen LogP contribution in [0.1, 0.15) is 23.6 Å². The van der Waals surface area contributed by atoms with Gasteiger partial charge < -0.3 is 9.64 Å². The monoisotopic (exact) mass is 380 g/mol. The molecule has 2 aromatic rings. The molecule has 0 aromatic heterocycles. The smallest absolute Gasteiger partial charge is 0.331 e. The van der Waals surface area contributed by atoms with Gasteiger partial charge in [0.2, 0.25) is 0 Å². The first kappa shape index (κ1) is 19.3. The number of amides is 1. The van der Waals surface area contributed by atoms with Crippen LogP contribution in [0.5, 0.6) is 0 Å². The van der Waals surface area contributed by atoms with Gasteiger partial charge in [-0.2, -0.15) is 0 Å². The number of benzene rings is 2. The Labute approximate surface area is 162 Å². The fourth-order valence-electron chi connectivity index (χ4n) is 3.08. The molecule has 0 radical (unpaired) electrons. The zero-order valence-corrected chi connectivity index (χ0v) is 15.4. The highest BCUT2D eigenvalue weighted by Crippen LogP contribution is 2.19. The summed E-state index contributed by atoms with van der Waals surface area (Å²) in [6.45, 7) is 2.66. The molecule has 0 N–H and O–H groups in total. The first-order chi connectivity index (χ1) is 13.4. The minimum atomic E-state index is -0.890. The van der Waals surface area contributed by atoms with Gasteiger partial charge >= 0.3 is 5.97 Å². The maximum atomic E-state index is 12.6. The van der Waals surface area contributed by atoms with Crippen LogP contribution in [0.15, 0.2) is 54.6 Å². The molecule has 0 aliphatic carbocycles. The number of fused-ring (bicyclic) bond motifs is 1. The lowest BCUT2D eigenvalue weighted by atomic mass is 9.99. The molecule has 1 aliphatic heterocycles. The number of hydrogen-bond acceptors (Lipinski definition) is 5. The minimum Gasteiger partial charge on any atom is -0.449 e. The lowest BCUT2D eigenvalue weighted by Crippen LogP contribution is -2.42. The van der Waals surface area contributed by atoms with Crippen molar-refractivity contribution in [2.24, 2.45) is 0 Å². The Morgan fingerprint density at radius 3 is 2.50 bits per heavy atom. The SMILES string of the molecule is C[C@@H](OC(=O)/C=C/c1ccc([N+](=O)[O-])cc1)C(=O)N1CCc2ccccc2C1. The summed E-state index contributed by atoms with van der Waals surface area (Å²) in [5.74, 6) is -0.872. The predicted molar refractivity (Wildman–Crippen MR) is 103 cm³/mol. The van der Waals surface area contributed by atoms with Gasteiger partial charge in [-0.05, 0) is 48.2 Å². The van der Waals surface area contributed by atoms with E-state index in [9.17, 15) is 19.7 Å².